The fourth-order valence-corrected chi connectivity index (χ4v) is 3.42. The minimum atomic E-state index is -1.02. The zero-order valence-corrected chi connectivity index (χ0v) is 13.3. The topological polar surface area (TPSA) is 35.1 Å². The lowest BCUT2D eigenvalue weighted by molar-refractivity contribution is 0.529. The van der Waals surface area contributed by atoms with Gasteiger partial charge in [-0.2, -0.15) is 0 Å². The minimum Gasteiger partial charge on any atom is -0.598 e. The molecule has 1 aliphatic carbocycles. The Labute approximate surface area is 120 Å². The molecule has 0 unspecified atom stereocenters. The van der Waals surface area contributed by atoms with Crippen LogP contribution in [0, 0.1) is 0 Å². The Morgan fingerprint density at radius 2 is 1.89 bits per heavy atom. The molecular formula is C16H25NOS. The van der Waals surface area contributed by atoms with Gasteiger partial charge in [-0.25, -0.2) is 0 Å². The van der Waals surface area contributed by atoms with Crippen LogP contribution in [0.15, 0.2) is 18.2 Å². The average Bonchev–Trinajstić information content (AvgIpc) is 2.36. The van der Waals surface area contributed by atoms with Gasteiger partial charge in [0.25, 0.3) is 0 Å². The molecule has 0 amide bonds. The Bertz CT molecular complexity index is 439. The van der Waals surface area contributed by atoms with E-state index in [-0.39, 0.29) is 10.8 Å². The van der Waals surface area contributed by atoms with Gasteiger partial charge in [-0.15, -0.1) is 4.72 Å². The summed E-state index contributed by atoms with van der Waals surface area (Å²) in [6.07, 6.45) is 4.93. The van der Waals surface area contributed by atoms with Gasteiger partial charge in [-0.3, -0.25) is 0 Å². The summed E-state index contributed by atoms with van der Waals surface area (Å²) in [4.78, 5) is 0. The van der Waals surface area contributed by atoms with Gasteiger partial charge < -0.3 is 4.55 Å². The Morgan fingerprint density at radius 1 is 1.21 bits per heavy atom. The van der Waals surface area contributed by atoms with Gasteiger partial charge in [-0.1, -0.05) is 18.2 Å². The van der Waals surface area contributed by atoms with Crippen LogP contribution in [0.2, 0.25) is 0 Å². The summed E-state index contributed by atoms with van der Waals surface area (Å²) in [5.41, 5.74) is 4.30. The normalized spacial score (nSPS) is 18.8. The second kappa shape index (κ2) is 5.86. The van der Waals surface area contributed by atoms with Gasteiger partial charge in [0.2, 0.25) is 0 Å². The molecule has 0 aromatic heterocycles. The smallest absolute Gasteiger partial charge is 0.136 e. The van der Waals surface area contributed by atoms with E-state index in [2.05, 4.69) is 29.8 Å². The van der Waals surface area contributed by atoms with Crippen molar-refractivity contribution in [3.63, 3.8) is 0 Å². The quantitative estimate of drug-likeness (QED) is 0.857. The van der Waals surface area contributed by atoms with Crippen molar-refractivity contribution >= 4 is 11.4 Å². The Balaban J connectivity index is 2.18. The highest BCUT2D eigenvalue weighted by Gasteiger charge is 2.29. The molecule has 0 spiro atoms. The van der Waals surface area contributed by atoms with Crippen molar-refractivity contribution in [2.45, 2.75) is 64.2 Å². The third kappa shape index (κ3) is 3.53. The van der Waals surface area contributed by atoms with Crippen LogP contribution in [0.25, 0.3) is 0 Å². The van der Waals surface area contributed by atoms with Crippen LogP contribution in [0.3, 0.4) is 0 Å². The number of hydrogen-bond donors (Lipinski definition) is 1. The van der Waals surface area contributed by atoms with Crippen LogP contribution in [0.4, 0.5) is 0 Å². The summed E-state index contributed by atoms with van der Waals surface area (Å²) in [5, 5.41) is 0. The number of nitrogens with one attached hydrogen (secondary N) is 1. The van der Waals surface area contributed by atoms with Crippen molar-refractivity contribution in [3.05, 3.63) is 34.9 Å². The molecule has 0 radical (unpaired) electrons. The summed E-state index contributed by atoms with van der Waals surface area (Å²) in [6, 6.07) is 6.71. The van der Waals surface area contributed by atoms with E-state index in [9.17, 15) is 4.55 Å². The van der Waals surface area contributed by atoms with Crippen molar-refractivity contribution in [1.82, 2.24) is 4.72 Å². The molecule has 1 N–H and O–H groups in total. The third-order valence-corrected chi connectivity index (χ3v) is 5.42. The summed E-state index contributed by atoms with van der Waals surface area (Å²) in [7, 11) is 0. The van der Waals surface area contributed by atoms with Crippen molar-refractivity contribution in [3.8, 4) is 0 Å². The maximum Gasteiger partial charge on any atom is 0.136 e. The molecule has 0 bridgehead atoms. The highest BCUT2D eigenvalue weighted by Crippen LogP contribution is 2.29. The molecule has 2 atom stereocenters. The molecule has 0 aliphatic heterocycles. The van der Waals surface area contributed by atoms with Crippen LogP contribution in [0.5, 0.6) is 0 Å². The molecule has 2 nitrogen and oxygen atoms in total. The largest absolute Gasteiger partial charge is 0.598 e. The summed E-state index contributed by atoms with van der Waals surface area (Å²) in [6.45, 7) is 8.13. The first-order valence-electron chi connectivity index (χ1n) is 7.18. The van der Waals surface area contributed by atoms with Gasteiger partial charge in [0, 0.05) is 11.4 Å². The van der Waals surface area contributed by atoms with Gasteiger partial charge in [0.15, 0.2) is 0 Å². The van der Waals surface area contributed by atoms with E-state index in [4.69, 9.17) is 0 Å². The van der Waals surface area contributed by atoms with Crippen LogP contribution < -0.4 is 4.72 Å². The Morgan fingerprint density at radius 3 is 2.58 bits per heavy atom. The molecule has 106 valence electrons. The molecule has 1 aromatic rings. The van der Waals surface area contributed by atoms with E-state index in [0.717, 1.165) is 0 Å². The van der Waals surface area contributed by atoms with E-state index in [1.165, 1.54) is 42.4 Å². The molecule has 1 aliphatic rings. The summed E-state index contributed by atoms with van der Waals surface area (Å²) in [5.74, 6) is 0. The molecule has 1 aromatic carbocycles. The first-order valence-corrected chi connectivity index (χ1v) is 8.33. The lowest BCUT2D eigenvalue weighted by atomic mass is 9.86. The lowest BCUT2D eigenvalue weighted by Crippen LogP contribution is -2.40. The molecule has 19 heavy (non-hydrogen) atoms. The Hall–Kier alpha value is -0.510. The first kappa shape index (κ1) is 14.9. The second-order valence-electron chi connectivity index (χ2n) is 6.41. The third-order valence-electron chi connectivity index (χ3n) is 3.74. The summed E-state index contributed by atoms with van der Waals surface area (Å²) >= 11 is -1.02. The first-order chi connectivity index (χ1) is 8.89. The van der Waals surface area contributed by atoms with E-state index in [0.29, 0.717) is 0 Å². The second-order valence-corrected chi connectivity index (χ2v) is 8.41. The zero-order chi connectivity index (χ0) is 14.0. The predicted molar refractivity (Wildman–Crippen MR) is 82.5 cm³/mol. The van der Waals surface area contributed by atoms with Crippen LogP contribution in [0.1, 0.15) is 63.3 Å². The Kier molecular flexibility index (Phi) is 4.59. The average molecular weight is 279 g/mol. The molecule has 0 fully saturated rings. The molecular weight excluding hydrogens is 254 g/mol. The maximum atomic E-state index is 12.2. The van der Waals surface area contributed by atoms with E-state index in [1.807, 2.05) is 20.8 Å². The fraction of sp³-hybridized carbons (Fsp3) is 0.625. The molecule has 3 heteroatoms. The minimum absolute atomic E-state index is 0.146. The monoisotopic (exact) mass is 279 g/mol. The van der Waals surface area contributed by atoms with Crippen molar-refractivity contribution in [1.29, 1.82) is 0 Å². The fourth-order valence-electron chi connectivity index (χ4n) is 2.62. The van der Waals surface area contributed by atoms with Crippen molar-refractivity contribution in [2.75, 3.05) is 0 Å². The van der Waals surface area contributed by atoms with Crippen LogP contribution in [-0.2, 0) is 24.2 Å². The van der Waals surface area contributed by atoms with E-state index < -0.39 is 11.4 Å². The van der Waals surface area contributed by atoms with Gasteiger partial charge in [0.1, 0.15) is 4.75 Å². The maximum absolute atomic E-state index is 12.2. The SMILES string of the molecule is C[C@H](N[S@+]([O-])C(C)(C)C)c1cccc2c1CCCC2. The number of fused-ring (bicyclic) bond motifs is 1. The predicted octanol–water partition coefficient (Wildman–Crippen LogP) is 3.68. The molecule has 0 saturated heterocycles. The number of rotatable bonds is 3. The molecule has 0 saturated carbocycles. The van der Waals surface area contributed by atoms with Gasteiger partial charge in [-0.05, 0) is 70.1 Å². The van der Waals surface area contributed by atoms with Crippen LogP contribution >= 0.6 is 0 Å². The van der Waals surface area contributed by atoms with Gasteiger partial charge >= 0.3 is 0 Å². The van der Waals surface area contributed by atoms with Crippen molar-refractivity contribution < 1.29 is 4.55 Å². The highest BCUT2D eigenvalue weighted by atomic mass is 32.2. The van der Waals surface area contributed by atoms with E-state index in [1.54, 1.807) is 0 Å². The lowest BCUT2D eigenvalue weighted by Gasteiger charge is -2.28. The number of benzene rings is 1. The zero-order valence-electron chi connectivity index (χ0n) is 12.5. The molecule has 2 rings (SSSR count). The highest BCUT2D eigenvalue weighted by molar-refractivity contribution is 7.90. The number of aryl methyl sites for hydroxylation is 1. The number of hydrogen-bond acceptors (Lipinski definition) is 2. The summed E-state index contributed by atoms with van der Waals surface area (Å²) < 4.78 is 15.3. The molecule has 0 heterocycles. The van der Waals surface area contributed by atoms with Crippen molar-refractivity contribution in [2.24, 2.45) is 0 Å². The van der Waals surface area contributed by atoms with Gasteiger partial charge in [0.05, 0.1) is 6.04 Å². The van der Waals surface area contributed by atoms with Crippen LogP contribution in [-0.4, -0.2) is 9.30 Å². The van der Waals surface area contributed by atoms with E-state index >= 15 is 0 Å². The standard InChI is InChI=1S/C16H25NOS/c1-12(17-19(18)16(2,3)4)14-11-7-9-13-8-5-6-10-15(13)14/h7,9,11-12,17H,5-6,8,10H2,1-4H3/t12-,19+/m0/s1.